The Labute approximate surface area is 181 Å². The number of amides is 1. The zero-order chi connectivity index (χ0) is 20.5. The van der Waals surface area contributed by atoms with Gasteiger partial charge in [0.2, 0.25) is 5.95 Å². The van der Waals surface area contributed by atoms with Gasteiger partial charge in [-0.05, 0) is 37.1 Å². The number of anilines is 2. The van der Waals surface area contributed by atoms with E-state index in [1.165, 1.54) is 12.1 Å². The van der Waals surface area contributed by atoms with Crippen LogP contribution in [0.2, 0.25) is 5.02 Å². The number of H-pyrrole nitrogens is 1. The summed E-state index contributed by atoms with van der Waals surface area (Å²) in [6, 6.07) is 9.15. The average Bonchev–Trinajstić information content (AvgIpc) is 3.05. The lowest BCUT2D eigenvalue weighted by Crippen LogP contribution is -2.41. The van der Waals surface area contributed by atoms with E-state index >= 15 is 0 Å². The van der Waals surface area contributed by atoms with Crippen LogP contribution >= 0.6 is 34.8 Å². The van der Waals surface area contributed by atoms with Crippen molar-refractivity contribution in [1.82, 2.24) is 9.97 Å². The van der Waals surface area contributed by atoms with Gasteiger partial charge in [0.15, 0.2) is 0 Å². The van der Waals surface area contributed by atoms with E-state index in [1.807, 2.05) is 0 Å². The van der Waals surface area contributed by atoms with Crippen LogP contribution in [0.3, 0.4) is 0 Å². The summed E-state index contributed by atoms with van der Waals surface area (Å²) in [7, 11) is 0. The highest BCUT2D eigenvalue weighted by molar-refractivity contribution is 6.31. The number of halogens is 4. The maximum absolute atomic E-state index is 14.5. The molecule has 2 atom stereocenters. The number of imidazole rings is 1. The highest BCUT2D eigenvalue weighted by atomic mass is 35.5. The number of carbonyl (C=O) groups excluding carboxylic acids is 1. The largest absolute Gasteiger partial charge is 0.350 e. The fraction of sp³-hybridized carbons (Fsp3) is 0.300. The molecule has 0 saturated heterocycles. The lowest BCUT2D eigenvalue weighted by Gasteiger charge is -2.31. The third-order valence-electron chi connectivity index (χ3n) is 4.94. The number of nitrogens with zero attached hydrogens (tertiary/aromatic N) is 1. The minimum atomic E-state index is -0.668. The van der Waals surface area contributed by atoms with Crippen LogP contribution in [-0.4, -0.2) is 32.7 Å². The Balaban J connectivity index is 1.57. The molecule has 1 saturated carbocycles. The second kappa shape index (κ2) is 8.38. The van der Waals surface area contributed by atoms with Crippen LogP contribution < -0.4 is 10.6 Å². The van der Waals surface area contributed by atoms with Crippen molar-refractivity contribution in [3.05, 3.63) is 52.8 Å². The first-order chi connectivity index (χ1) is 13.9. The molecular formula is C20H18Cl3FN4O. The molecule has 2 aromatic carbocycles. The van der Waals surface area contributed by atoms with Crippen molar-refractivity contribution in [2.24, 2.45) is 0 Å². The molecule has 0 aliphatic heterocycles. The zero-order valence-electron chi connectivity index (χ0n) is 15.2. The summed E-state index contributed by atoms with van der Waals surface area (Å²) in [6.45, 7) is 0. The van der Waals surface area contributed by atoms with Crippen LogP contribution in [0.15, 0.2) is 36.4 Å². The Bertz CT molecular complexity index is 1050. The summed E-state index contributed by atoms with van der Waals surface area (Å²) in [5.41, 5.74) is 1.30. The summed E-state index contributed by atoms with van der Waals surface area (Å²) >= 11 is 18.7. The van der Waals surface area contributed by atoms with E-state index in [0.717, 1.165) is 19.3 Å². The predicted octanol–water partition coefficient (Wildman–Crippen LogP) is 5.79. The minimum Gasteiger partial charge on any atom is -0.350 e. The maximum Gasteiger partial charge on any atom is 0.258 e. The van der Waals surface area contributed by atoms with Crippen LogP contribution in [0.5, 0.6) is 0 Å². The van der Waals surface area contributed by atoms with E-state index < -0.39 is 11.7 Å². The lowest BCUT2D eigenvalue weighted by molar-refractivity contribution is 0.102. The van der Waals surface area contributed by atoms with Gasteiger partial charge in [-0.2, -0.15) is 0 Å². The molecule has 29 heavy (non-hydrogen) atoms. The third kappa shape index (κ3) is 4.44. The number of rotatable bonds is 4. The number of fused-ring (bicyclic) bond motifs is 1. The molecule has 1 fully saturated rings. The van der Waals surface area contributed by atoms with E-state index in [-0.39, 0.29) is 22.4 Å². The third-order valence-corrected chi connectivity index (χ3v) is 6.15. The molecule has 1 aliphatic carbocycles. The Morgan fingerprint density at radius 1 is 1.17 bits per heavy atom. The lowest BCUT2D eigenvalue weighted by atomic mass is 9.94. The SMILES string of the molecule is O=C(Nc1cccc(Cl)c1)c1cc2[nH]c(NC3C(Cl)CCCC3Cl)nc2cc1F. The highest BCUT2D eigenvalue weighted by Gasteiger charge is 2.31. The van der Waals surface area contributed by atoms with E-state index in [0.29, 0.717) is 27.7 Å². The average molecular weight is 456 g/mol. The molecule has 3 aromatic rings. The molecule has 1 amide bonds. The molecule has 1 aromatic heterocycles. The fourth-order valence-electron chi connectivity index (χ4n) is 3.47. The molecule has 152 valence electrons. The smallest absolute Gasteiger partial charge is 0.258 e. The molecule has 0 spiro atoms. The van der Waals surface area contributed by atoms with E-state index in [4.69, 9.17) is 34.8 Å². The van der Waals surface area contributed by atoms with Crippen LogP contribution in [0, 0.1) is 5.82 Å². The van der Waals surface area contributed by atoms with Gasteiger partial charge >= 0.3 is 0 Å². The van der Waals surface area contributed by atoms with Crippen LogP contribution in [0.1, 0.15) is 29.6 Å². The number of aromatic nitrogens is 2. The van der Waals surface area contributed by atoms with Crippen molar-refractivity contribution in [2.75, 3.05) is 10.6 Å². The van der Waals surface area contributed by atoms with Crippen LogP contribution in [0.4, 0.5) is 16.0 Å². The standard InChI is InChI=1S/C20H18Cl3FN4O/c21-10-3-1-4-11(7-10)25-19(29)12-8-16-17(9-15(12)24)27-20(26-16)28-18-13(22)5-2-6-14(18)23/h1,3-4,7-9,13-14,18H,2,5-6H2,(H,25,29)(H2,26,27,28). The van der Waals surface area contributed by atoms with Gasteiger partial charge in [-0.15, -0.1) is 23.2 Å². The first kappa shape index (κ1) is 20.3. The summed E-state index contributed by atoms with van der Waals surface area (Å²) in [5.74, 6) is -0.808. The molecule has 1 aliphatic rings. The summed E-state index contributed by atoms with van der Waals surface area (Å²) in [4.78, 5) is 20.0. The van der Waals surface area contributed by atoms with Crippen LogP contribution in [-0.2, 0) is 0 Å². The van der Waals surface area contributed by atoms with Gasteiger partial charge in [-0.1, -0.05) is 24.1 Å². The van der Waals surface area contributed by atoms with Gasteiger partial charge in [0.05, 0.1) is 33.4 Å². The van der Waals surface area contributed by atoms with Gasteiger partial charge in [-0.25, -0.2) is 9.37 Å². The Morgan fingerprint density at radius 3 is 2.66 bits per heavy atom. The van der Waals surface area contributed by atoms with Crippen molar-refractivity contribution in [1.29, 1.82) is 0 Å². The molecule has 3 N–H and O–H groups in total. The van der Waals surface area contributed by atoms with Crippen molar-refractivity contribution in [3.63, 3.8) is 0 Å². The predicted molar refractivity (Wildman–Crippen MR) is 116 cm³/mol. The second-order valence-electron chi connectivity index (χ2n) is 7.03. The number of carbonyl (C=O) groups is 1. The monoisotopic (exact) mass is 454 g/mol. The maximum atomic E-state index is 14.5. The van der Waals surface area contributed by atoms with Gasteiger partial charge in [0, 0.05) is 16.8 Å². The topological polar surface area (TPSA) is 69.8 Å². The molecule has 0 radical (unpaired) electrons. The van der Waals surface area contributed by atoms with E-state index in [2.05, 4.69) is 20.6 Å². The first-order valence-corrected chi connectivity index (χ1v) is 10.5. The Hall–Kier alpha value is -2.02. The second-order valence-corrected chi connectivity index (χ2v) is 8.59. The van der Waals surface area contributed by atoms with E-state index in [9.17, 15) is 9.18 Å². The van der Waals surface area contributed by atoms with Crippen molar-refractivity contribution in [2.45, 2.75) is 36.1 Å². The summed E-state index contributed by atoms with van der Waals surface area (Å²) < 4.78 is 14.5. The number of hydrogen-bond donors (Lipinski definition) is 3. The molecule has 2 unspecified atom stereocenters. The highest BCUT2D eigenvalue weighted by Crippen LogP contribution is 2.30. The normalized spacial score (nSPS) is 21.9. The van der Waals surface area contributed by atoms with Gasteiger partial charge in [-0.3, -0.25) is 4.79 Å². The molecule has 4 rings (SSSR count). The number of nitrogens with one attached hydrogen (secondary N) is 3. The number of hydrogen-bond acceptors (Lipinski definition) is 3. The van der Waals surface area contributed by atoms with Gasteiger partial charge in [0.1, 0.15) is 5.82 Å². The minimum absolute atomic E-state index is 0.101. The van der Waals surface area contributed by atoms with Crippen molar-refractivity contribution < 1.29 is 9.18 Å². The van der Waals surface area contributed by atoms with Crippen molar-refractivity contribution in [3.8, 4) is 0 Å². The number of aromatic amines is 1. The Kier molecular flexibility index (Phi) is 5.86. The van der Waals surface area contributed by atoms with Gasteiger partial charge < -0.3 is 15.6 Å². The molecule has 0 bridgehead atoms. The fourth-order valence-corrected chi connectivity index (χ4v) is 4.52. The van der Waals surface area contributed by atoms with Gasteiger partial charge in [0.25, 0.3) is 5.91 Å². The summed E-state index contributed by atoms with van der Waals surface area (Å²) in [5, 5.41) is 6.10. The first-order valence-electron chi connectivity index (χ1n) is 9.21. The number of benzene rings is 2. The number of alkyl halides is 2. The van der Waals surface area contributed by atoms with Crippen molar-refractivity contribution >= 4 is 63.4 Å². The summed E-state index contributed by atoms with van der Waals surface area (Å²) in [6.07, 6.45) is 2.72. The zero-order valence-corrected chi connectivity index (χ0v) is 17.5. The van der Waals surface area contributed by atoms with E-state index in [1.54, 1.807) is 24.3 Å². The Morgan fingerprint density at radius 2 is 1.93 bits per heavy atom. The molecular weight excluding hydrogens is 438 g/mol. The molecule has 1 heterocycles. The molecule has 9 heteroatoms. The quantitative estimate of drug-likeness (QED) is 0.436. The molecule has 5 nitrogen and oxygen atoms in total. The van der Waals surface area contributed by atoms with Crippen LogP contribution in [0.25, 0.3) is 11.0 Å².